The summed E-state index contributed by atoms with van der Waals surface area (Å²) in [5.74, 6) is 0.859. The zero-order chi connectivity index (χ0) is 15.9. The van der Waals surface area contributed by atoms with Crippen LogP contribution in [0, 0.1) is 0 Å². The number of methoxy groups -OCH3 is 3. The van der Waals surface area contributed by atoms with Gasteiger partial charge in [0.25, 0.3) is 0 Å². The van der Waals surface area contributed by atoms with E-state index in [-0.39, 0.29) is 18.1 Å². The van der Waals surface area contributed by atoms with Crippen LogP contribution < -0.4 is 14.2 Å². The number of nitrogens with zero attached hydrogens (tertiary/aromatic N) is 1. The number of hydrogen-bond donors (Lipinski definition) is 0. The quantitative estimate of drug-likeness (QED) is 0.764. The molecular formula is C16H17NO5. The van der Waals surface area contributed by atoms with Crippen LogP contribution in [0.25, 0.3) is 0 Å². The van der Waals surface area contributed by atoms with Gasteiger partial charge in [0, 0.05) is 12.3 Å². The summed E-state index contributed by atoms with van der Waals surface area (Å²) in [7, 11) is 4.39. The lowest BCUT2D eigenvalue weighted by Crippen LogP contribution is -2.09. The molecule has 0 saturated carbocycles. The first-order valence-electron chi connectivity index (χ1n) is 6.56. The largest absolute Gasteiger partial charge is 0.497 e. The summed E-state index contributed by atoms with van der Waals surface area (Å²) in [6.07, 6.45) is 1.46. The van der Waals surface area contributed by atoms with E-state index in [1.54, 1.807) is 13.2 Å². The molecule has 1 aromatic carbocycles. The molecular weight excluding hydrogens is 286 g/mol. The van der Waals surface area contributed by atoms with Gasteiger partial charge in [0.15, 0.2) is 17.2 Å². The van der Waals surface area contributed by atoms with E-state index in [2.05, 4.69) is 4.98 Å². The van der Waals surface area contributed by atoms with Gasteiger partial charge in [-0.2, -0.15) is 0 Å². The highest BCUT2D eigenvalue weighted by molar-refractivity contribution is 5.91. The van der Waals surface area contributed by atoms with Gasteiger partial charge in [-0.3, -0.25) is 0 Å². The van der Waals surface area contributed by atoms with Gasteiger partial charge >= 0.3 is 5.97 Å². The minimum Gasteiger partial charge on any atom is -0.497 e. The maximum atomic E-state index is 11.8. The van der Waals surface area contributed by atoms with Crippen LogP contribution in [0.5, 0.6) is 17.2 Å². The topological polar surface area (TPSA) is 66.9 Å². The van der Waals surface area contributed by atoms with Crippen molar-refractivity contribution in [2.75, 3.05) is 21.3 Å². The van der Waals surface area contributed by atoms with Crippen LogP contribution in [0.15, 0.2) is 36.5 Å². The highest BCUT2D eigenvalue weighted by Crippen LogP contribution is 2.30. The number of benzene rings is 1. The molecule has 0 fully saturated rings. The summed E-state index contributed by atoms with van der Waals surface area (Å²) in [6, 6.07) is 9.04. The fraction of sp³-hybridized carbons (Fsp3) is 0.250. The molecule has 0 aliphatic carbocycles. The van der Waals surface area contributed by atoms with E-state index in [0.29, 0.717) is 5.75 Å². The number of carbonyl (C=O) groups excluding carboxylic acids is 1. The van der Waals surface area contributed by atoms with E-state index in [0.717, 1.165) is 11.3 Å². The van der Waals surface area contributed by atoms with Gasteiger partial charge in [0.1, 0.15) is 12.4 Å². The van der Waals surface area contributed by atoms with Crippen molar-refractivity contribution in [2.45, 2.75) is 6.61 Å². The summed E-state index contributed by atoms with van der Waals surface area (Å²) >= 11 is 0. The Morgan fingerprint density at radius 1 is 1.05 bits per heavy atom. The van der Waals surface area contributed by atoms with Gasteiger partial charge < -0.3 is 18.9 Å². The molecule has 0 amide bonds. The lowest BCUT2D eigenvalue weighted by molar-refractivity contribution is 0.0587. The molecule has 0 aliphatic heterocycles. The molecule has 6 heteroatoms. The summed E-state index contributed by atoms with van der Waals surface area (Å²) in [5.41, 5.74) is 0.998. The highest BCUT2D eigenvalue weighted by atomic mass is 16.5. The normalized spacial score (nSPS) is 9.95. The second-order valence-electron chi connectivity index (χ2n) is 4.32. The lowest BCUT2D eigenvalue weighted by Gasteiger charge is -2.13. The van der Waals surface area contributed by atoms with Crippen molar-refractivity contribution in [3.8, 4) is 17.2 Å². The van der Waals surface area contributed by atoms with Gasteiger partial charge in [0.05, 0.1) is 21.3 Å². The third-order valence-electron chi connectivity index (χ3n) is 3.01. The molecule has 1 aromatic heterocycles. The maximum absolute atomic E-state index is 11.8. The monoisotopic (exact) mass is 303 g/mol. The number of esters is 1. The maximum Gasteiger partial charge on any atom is 0.360 e. The van der Waals surface area contributed by atoms with Crippen LogP contribution in [0.2, 0.25) is 0 Å². The highest BCUT2D eigenvalue weighted by Gasteiger charge is 2.19. The van der Waals surface area contributed by atoms with Gasteiger partial charge in [-0.1, -0.05) is 12.1 Å². The van der Waals surface area contributed by atoms with Crippen LogP contribution in [-0.4, -0.2) is 32.3 Å². The Balaban J connectivity index is 2.21. The molecule has 0 N–H and O–H groups in total. The van der Waals surface area contributed by atoms with Gasteiger partial charge in [0.2, 0.25) is 0 Å². The standard InChI is InChI=1S/C16H17NO5/c1-19-12-6-4-11(5-7-12)10-22-15-13(20-2)8-9-17-14(15)16(18)21-3/h4-9H,10H2,1-3H3. The smallest absolute Gasteiger partial charge is 0.360 e. The Kier molecular flexibility index (Phi) is 5.19. The number of carbonyl (C=O) groups is 1. The first kappa shape index (κ1) is 15.6. The molecule has 0 aliphatic rings. The zero-order valence-electron chi connectivity index (χ0n) is 12.7. The average molecular weight is 303 g/mol. The molecule has 0 saturated heterocycles. The average Bonchev–Trinajstić information content (AvgIpc) is 2.59. The molecule has 1 heterocycles. The van der Waals surface area contributed by atoms with Crippen molar-refractivity contribution in [1.29, 1.82) is 0 Å². The molecule has 22 heavy (non-hydrogen) atoms. The van der Waals surface area contributed by atoms with E-state index >= 15 is 0 Å². The second kappa shape index (κ2) is 7.31. The Bertz CT molecular complexity index is 639. The van der Waals surface area contributed by atoms with E-state index < -0.39 is 5.97 Å². The van der Waals surface area contributed by atoms with Crippen LogP contribution in [0.3, 0.4) is 0 Å². The fourth-order valence-corrected chi connectivity index (χ4v) is 1.85. The molecule has 0 radical (unpaired) electrons. The minimum absolute atomic E-state index is 0.0790. The van der Waals surface area contributed by atoms with Crippen molar-refractivity contribution < 1.29 is 23.7 Å². The lowest BCUT2D eigenvalue weighted by atomic mass is 10.2. The minimum atomic E-state index is -0.580. The van der Waals surface area contributed by atoms with E-state index in [1.165, 1.54) is 20.4 Å². The van der Waals surface area contributed by atoms with Crippen LogP contribution in [0.4, 0.5) is 0 Å². The van der Waals surface area contributed by atoms with E-state index in [9.17, 15) is 4.79 Å². The third-order valence-corrected chi connectivity index (χ3v) is 3.01. The predicted octanol–water partition coefficient (Wildman–Crippen LogP) is 2.46. The van der Waals surface area contributed by atoms with Crippen molar-refractivity contribution in [1.82, 2.24) is 4.98 Å². The number of hydrogen-bond acceptors (Lipinski definition) is 6. The first-order chi connectivity index (χ1) is 10.7. The van der Waals surface area contributed by atoms with Crippen molar-refractivity contribution in [3.63, 3.8) is 0 Å². The fourth-order valence-electron chi connectivity index (χ4n) is 1.85. The molecule has 0 spiro atoms. The Hall–Kier alpha value is -2.76. The SMILES string of the molecule is COC(=O)c1nccc(OC)c1OCc1ccc(OC)cc1. The first-order valence-corrected chi connectivity index (χ1v) is 6.56. The van der Waals surface area contributed by atoms with Gasteiger partial charge in [-0.25, -0.2) is 9.78 Å². The van der Waals surface area contributed by atoms with Gasteiger partial charge in [-0.05, 0) is 17.7 Å². The summed E-state index contributed by atoms with van der Waals surface area (Å²) in [5, 5.41) is 0. The summed E-state index contributed by atoms with van der Waals surface area (Å²) < 4.78 is 20.7. The number of aromatic nitrogens is 1. The molecule has 116 valence electrons. The molecule has 0 unspecified atom stereocenters. The number of ether oxygens (including phenoxy) is 4. The van der Waals surface area contributed by atoms with E-state index in [1.807, 2.05) is 24.3 Å². The molecule has 2 aromatic rings. The second-order valence-corrected chi connectivity index (χ2v) is 4.32. The van der Waals surface area contributed by atoms with E-state index in [4.69, 9.17) is 18.9 Å². The van der Waals surface area contributed by atoms with Crippen molar-refractivity contribution >= 4 is 5.97 Å². The van der Waals surface area contributed by atoms with Crippen molar-refractivity contribution in [3.05, 3.63) is 47.8 Å². The summed E-state index contributed by atoms with van der Waals surface area (Å²) in [4.78, 5) is 15.8. The third kappa shape index (κ3) is 3.46. The Morgan fingerprint density at radius 3 is 2.36 bits per heavy atom. The van der Waals surface area contributed by atoms with Crippen LogP contribution in [-0.2, 0) is 11.3 Å². The molecule has 6 nitrogen and oxygen atoms in total. The Morgan fingerprint density at radius 2 is 1.77 bits per heavy atom. The van der Waals surface area contributed by atoms with Gasteiger partial charge in [-0.15, -0.1) is 0 Å². The number of rotatable bonds is 6. The Labute approximate surface area is 128 Å². The number of pyridine rings is 1. The van der Waals surface area contributed by atoms with Crippen LogP contribution in [0.1, 0.15) is 16.1 Å². The summed E-state index contributed by atoms with van der Waals surface area (Å²) in [6.45, 7) is 0.260. The van der Waals surface area contributed by atoms with Crippen molar-refractivity contribution in [2.24, 2.45) is 0 Å². The predicted molar refractivity (Wildman–Crippen MR) is 79.5 cm³/mol. The molecule has 0 atom stereocenters. The zero-order valence-corrected chi connectivity index (χ0v) is 12.7. The molecule has 0 bridgehead atoms. The molecule has 2 rings (SSSR count). The van der Waals surface area contributed by atoms with Crippen LogP contribution >= 0.6 is 0 Å².